The molecule has 612 valence electrons. The van der Waals surface area contributed by atoms with E-state index in [2.05, 4.69) is 34.6 Å². The Hall–Kier alpha value is -1.94. The number of carbonyl (C=O) groups excluding carboxylic acids is 4. The number of phosphoric ester groups is 2. The maximum Gasteiger partial charge on any atom is 0.472 e. The molecule has 3 N–H and O–H groups in total. The van der Waals surface area contributed by atoms with Crippen molar-refractivity contribution in [3.8, 4) is 0 Å². The number of hydrogen-bond acceptors (Lipinski definition) is 15. The highest BCUT2D eigenvalue weighted by Gasteiger charge is 2.30. The molecule has 0 aliphatic carbocycles. The fourth-order valence-electron chi connectivity index (χ4n) is 13.1. The fraction of sp³-hybridized carbons (Fsp3) is 0.952. The number of esters is 4. The smallest absolute Gasteiger partial charge is 0.462 e. The average molecular weight is 1510 g/mol. The van der Waals surface area contributed by atoms with Crippen molar-refractivity contribution in [1.82, 2.24) is 0 Å². The van der Waals surface area contributed by atoms with E-state index >= 15 is 0 Å². The summed E-state index contributed by atoms with van der Waals surface area (Å²) < 4.78 is 68.8. The Labute approximate surface area is 632 Å². The van der Waals surface area contributed by atoms with Crippen molar-refractivity contribution in [3.05, 3.63) is 0 Å². The molecule has 5 atom stereocenters. The first-order valence-electron chi connectivity index (χ1n) is 43.6. The number of rotatable bonds is 84. The largest absolute Gasteiger partial charge is 0.472 e. The molecule has 0 fully saturated rings. The van der Waals surface area contributed by atoms with Crippen molar-refractivity contribution in [2.45, 2.75) is 470 Å². The minimum absolute atomic E-state index is 0.106. The highest BCUT2D eigenvalue weighted by molar-refractivity contribution is 7.47. The number of ether oxygens (including phenoxy) is 4. The van der Waals surface area contributed by atoms with Crippen LogP contribution < -0.4 is 0 Å². The molecule has 0 aromatic heterocycles. The predicted molar refractivity (Wildman–Crippen MR) is 423 cm³/mol. The van der Waals surface area contributed by atoms with Crippen molar-refractivity contribution < 1.29 is 80.2 Å². The Morgan fingerprint density at radius 3 is 0.660 bits per heavy atom. The van der Waals surface area contributed by atoms with Crippen molar-refractivity contribution >= 4 is 39.5 Å². The van der Waals surface area contributed by atoms with Crippen LogP contribution in [-0.2, 0) is 65.4 Å². The van der Waals surface area contributed by atoms with E-state index < -0.39 is 97.5 Å². The molecule has 0 rings (SSSR count). The molecular weight excluding hydrogens is 1340 g/mol. The van der Waals surface area contributed by atoms with Crippen LogP contribution in [0.5, 0.6) is 0 Å². The van der Waals surface area contributed by atoms with E-state index in [0.717, 1.165) is 95.8 Å². The summed E-state index contributed by atoms with van der Waals surface area (Å²) in [5.74, 6) is -1.37. The van der Waals surface area contributed by atoms with Crippen LogP contribution in [0.2, 0.25) is 0 Å². The zero-order valence-electron chi connectivity index (χ0n) is 67.5. The highest BCUT2D eigenvalue weighted by atomic mass is 31.2. The molecule has 0 saturated carbocycles. The molecule has 0 bridgehead atoms. The van der Waals surface area contributed by atoms with E-state index in [1.54, 1.807) is 0 Å². The van der Waals surface area contributed by atoms with Crippen molar-refractivity contribution in [2.75, 3.05) is 39.6 Å². The summed E-state index contributed by atoms with van der Waals surface area (Å²) in [4.78, 5) is 73.1. The van der Waals surface area contributed by atoms with Crippen LogP contribution in [0.15, 0.2) is 0 Å². The van der Waals surface area contributed by atoms with Crippen LogP contribution in [0, 0.1) is 5.92 Å². The van der Waals surface area contributed by atoms with E-state index in [1.165, 1.54) is 276 Å². The first kappa shape index (κ1) is 101. The van der Waals surface area contributed by atoms with Gasteiger partial charge in [0.25, 0.3) is 0 Å². The minimum Gasteiger partial charge on any atom is -0.462 e. The van der Waals surface area contributed by atoms with Gasteiger partial charge in [-0.3, -0.25) is 37.3 Å². The van der Waals surface area contributed by atoms with Crippen LogP contribution >= 0.6 is 15.6 Å². The first-order chi connectivity index (χ1) is 50.0. The van der Waals surface area contributed by atoms with Gasteiger partial charge in [0.2, 0.25) is 0 Å². The molecule has 0 aromatic rings. The van der Waals surface area contributed by atoms with Gasteiger partial charge in [0.15, 0.2) is 12.2 Å². The third-order valence-corrected chi connectivity index (χ3v) is 21.7. The molecule has 0 aliphatic rings. The monoisotopic (exact) mass is 1510 g/mol. The van der Waals surface area contributed by atoms with Crippen LogP contribution in [0.3, 0.4) is 0 Å². The zero-order chi connectivity index (χ0) is 75.5. The third-order valence-electron chi connectivity index (χ3n) is 19.8. The molecule has 0 saturated heterocycles. The van der Waals surface area contributed by atoms with Gasteiger partial charge in [-0.1, -0.05) is 401 Å². The normalized spacial score (nSPS) is 13.8. The second-order valence-corrected chi connectivity index (χ2v) is 33.6. The Balaban J connectivity index is 5.22. The van der Waals surface area contributed by atoms with Gasteiger partial charge in [0.05, 0.1) is 26.4 Å². The lowest BCUT2D eigenvalue weighted by Crippen LogP contribution is -2.30. The number of aliphatic hydroxyl groups is 1. The summed E-state index contributed by atoms with van der Waals surface area (Å²) in [6.45, 7) is 7.32. The predicted octanol–water partition coefficient (Wildman–Crippen LogP) is 25.6. The maximum atomic E-state index is 13.1. The Bertz CT molecular complexity index is 1960. The lowest BCUT2D eigenvalue weighted by Gasteiger charge is -2.21. The van der Waals surface area contributed by atoms with E-state index in [-0.39, 0.29) is 25.7 Å². The minimum atomic E-state index is -4.96. The van der Waals surface area contributed by atoms with Gasteiger partial charge < -0.3 is 33.8 Å². The third kappa shape index (κ3) is 78.0. The molecule has 0 amide bonds. The number of phosphoric acid groups is 2. The van der Waals surface area contributed by atoms with Gasteiger partial charge in [-0.15, -0.1) is 0 Å². The molecule has 0 spiro atoms. The van der Waals surface area contributed by atoms with Gasteiger partial charge in [0, 0.05) is 25.7 Å². The first-order valence-corrected chi connectivity index (χ1v) is 46.6. The highest BCUT2D eigenvalue weighted by Crippen LogP contribution is 2.45. The van der Waals surface area contributed by atoms with Crippen LogP contribution in [0.4, 0.5) is 0 Å². The number of aliphatic hydroxyl groups excluding tert-OH is 1. The standard InChI is InChI=1S/C84H164O17P2/c1-6-9-12-15-18-21-24-27-29-31-32-33-34-35-37-39-41-44-49-54-59-64-69-83(88)100-79(73-95-82(87)68-63-58-53-48-43-40-38-36-30-28-25-22-19-16-13-10-7-2)75-98-102(90,91)96-71-78(85)72-97-103(92,93)99-76-80(101-84(89)70-65-60-55-50-45-46-51-56-61-66-77(4)5)74-94-81(86)67-62-57-52-47-42-26-23-20-17-14-11-8-3/h77-80,85H,6-76H2,1-5H3,(H,90,91)(H,92,93)/t78-,79-,80-/m1/s1. The summed E-state index contributed by atoms with van der Waals surface area (Å²) in [7, 11) is -9.92. The van der Waals surface area contributed by atoms with Crippen LogP contribution in [0.25, 0.3) is 0 Å². The molecule has 2 unspecified atom stereocenters. The van der Waals surface area contributed by atoms with E-state index in [1.807, 2.05) is 0 Å². The summed E-state index contributed by atoms with van der Waals surface area (Å²) >= 11 is 0. The number of hydrogen-bond donors (Lipinski definition) is 3. The molecule has 103 heavy (non-hydrogen) atoms. The molecule has 19 heteroatoms. The average Bonchev–Trinajstić information content (AvgIpc) is 0.919. The zero-order valence-corrected chi connectivity index (χ0v) is 69.3. The van der Waals surface area contributed by atoms with Crippen molar-refractivity contribution in [2.24, 2.45) is 5.92 Å². The summed E-state index contributed by atoms with van der Waals surface area (Å²) in [5, 5.41) is 10.7. The SMILES string of the molecule is CCCCCCCCCCCCCCCCCCCCCCCCC(=O)O[C@H](COC(=O)CCCCCCCCCCCCCCCCCCC)COP(=O)(O)OC[C@@H](O)COP(=O)(O)OC[C@@H](COC(=O)CCCCCCCCCCCCCC)OC(=O)CCCCCCCCCCCC(C)C. The van der Waals surface area contributed by atoms with E-state index in [9.17, 15) is 43.2 Å². The number of carbonyl (C=O) groups is 4. The summed E-state index contributed by atoms with van der Waals surface area (Å²) in [6.07, 6.45) is 69.5. The van der Waals surface area contributed by atoms with E-state index in [0.29, 0.717) is 25.7 Å². The molecule has 0 aromatic carbocycles. The summed E-state index contributed by atoms with van der Waals surface area (Å²) in [6, 6.07) is 0. The molecule has 0 heterocycles. The van der Waals surface area contributed by atoms with Gasteiger partial charge in [-0.25, -0.2) is 9.13 Å². The van der Waals surface area contributed by atoms with Gasteiger partial charge in [0.1, 0.15) is 19.3 Å². The number of unbranched alkanes of at least 4 members (excludes halogenated alkanes) is 56. The maximum absolute atomic E-state index is 13.1. The fourth-order valence-corrected chi connectivity index (χ4v) is 14.7. The molecular formula is C84H164O17P2. The lowest BCUT2D eigenvalue weighted by molar-refractivity contribution is -0.161. The van der Waals surface area contributed by atoms with Crippen molar-refractivity contribution in [3.63, 3.8) is 0 Å². The lowest BCUT2D eigenvalue weighted by atomic mass is 10.0. The van der Waals surface area contributed by atoms with Gasteiger partial charge in [-0.05, 0) is 31.6 Å². The van der Waals surface area contributed by atoms with Crippen LogP contribution in [-0.4, -0.2) is 96.7 Å². The summed E-state index contributed by atoms with van der Waals surface area (Å²) in [5.41, 5.74) is 0. The van der Waals surface area contributed by atoms with Gasteiger partial charge >= 0.3 is 39.5 Å². The van der Waals surface area contributed by atoms with Crippen LogP contribution in [0.1, 0.15) is 452 Å². The Morgan fingerprint density at radius 1 is 0.262 bits per heavy atom. The van der Waals surface area contributed by atoms with Gasteiger partial charge in [-0.2, -0.15) is 0 Å². The quantitative estimate of drug-likeness (QED) is 0.0222. The second-order valence-electron chi connectivity index (χ2n) is 30.7. The molecule has 0 aliphatic heterocycles. The second kappa shape index (κ2) is 76.8. The van der Waals surface area contributed by atoms with E-state index in [4.69, 9.17) is 37.0 Å². The Kier molecular flexibility index (Phi) is 75.4. The van der Waals surface area contributed by atoms with Crippen molar-refractivity contribution in [1.29, 1.82) is 0 Å². The molecule has 0 radical (unpaired) electrons. The topological polar surface area (TPSA) is 237 Å². The molecule has 17 nitrogen and oxygen atoms in total. The Morgan fingerprint density at radius 2 is 0.447 bits per heavy atom.